The Balaban J connectivity index is 3.29. The minimum Gasteiger partial charge on any atom is -0.465 e. The van der Waals surface area contributed by atoms with E-state index in [1.54, 1.807) is 0 Å². The van der Waals surface area contributed by atoms with Crippen molar-refractivity contribution in [3.05, 3.63) is 0 Å². The number of carbonyl (C=O) groups excluding carboxylic acids is 1. The van der Waals surface area contributed by atoms with Crippen LogP contribution in [0.4, 0.5) is 0 Å². The molecule has 0 saturated carbocycles. The van der Waals surface area contributed by atoms with Crippen molar-refractivity contribution < 1.29 is 14.3 Å². The number of ether oxygens (including phenoxy) is 2. The first-order valence-electron chi connectivity index (χ1n) is 7.94. The molecule has 0 aliphatic carbocycles. The van der Waals surface area contributed by atoms with Crippen molar-refractivity contribution in [2.45, 2.75) is 72.1 Å². The lowest BCUT2D eigenvalue weighted by atomic mass is 10.1. The van der Waals surface area contributed by atoms with Crippen LogP contribution in [-0.2, 0) is 14.3 Å². The Morgan fingerprint density at radius 2 is 1.79 bits per heavy atom. The molecule has 0 aromatic rings. The van der Waals surface area contributed by atoms with Crippen LogP contribution in [0.15, 0.2) is 0 Å². The van der Waals surface area contributed by atoms with E-state index in [4.69, 9.17) is 9.47 Å². The van der Waals surface area contributed by atoms with Crippen LogP contribution in [0.1, 0.15) is 72.1 Å². The van der Waals surface area contributed by atoms with E-state index in [2.05, 4.69) is 20.8 Å². The highest BCUT2D eigenvalue weighted by molar-refractivity contribution is 5.69. The van der Waals surface area contributed by atoms with Gasteiger partial charge in [-0.1, -0.05) is 40.0 Å². The summed E-state index contributed by atoms with van der Waals surface area (Å²) >= 11 is 0. The molecule has 0 aromatic carbocycles. The molecule has 0 saturated heterocycles. The predicted octanol–water partition coefficient (Wildman–Crippen LogP) is 4.34. The topological polar surface area (TPSA) is 35.5 Å². The molecule has 0 rings (SSSR count). The van der Waals surface area contributed by atoms with E-state index in [0.717, 1.165) is 45.3 Å². The normalized spacial score (nSPS) is 12.4. The van der Waals surface area contributed by atoms with E-state index < -0.39 is 0 Å². The Kier molecular flexibility index (Phi) is 13.4. The summed E-state index contributed by atoms with van der Waals surface area (Å²) in [5.41, 5.74) is 0. The molecular weight excluding hydrogens is 240 g/mol. The quantitative estimate of drug-likeness (QED) is 0.369. The zero-order valence-corrected chi connectivity index (χ0v) is 13.1. The van der Waals surface area contributed by atoms with Crippen molar-refractivity contribution in [3.8, 4) is 0 Å². The third-order valence-corrected chi connectivity index (χ3v) is 3.10. The summed E-state index contributed by atoms with van der Waals surface area (Å²) in [5.74, 6) is 0.448. The van der Waals surface area contributed by atoms with Crippen molar-refractivity contribution in [1.29, 1.82) is 0 Å². The Hall–Kier alpha value is -0.570. The molecule has 0 aliphatic heterocycles. The fourth-order valence-electron chi connectivity index (χ4n) is 1.84. The van der Waals surface area contributed by atoms with Gasteiger partial charge in [-0.15, -0.1) is 0 Å². The highest BCUT2D eigenvalue weighted by Crippen LogP contribution is 2.09. The van der Waals surface area contributed by atoms with Crippen molar-refractivity contribution in [2.75, 3.05) is 19.8 Å². The standard InChI is InChI=1S/C16H32O3/c1-4-6-10-15(3)14-19-16(17)11-8-7-9-13-18-12-5-2/h15H,4-14H2,1-3H3. The second-order valence-electron chi connectivity index (χ2n) is 5.35. The predicted molar refractivity (Wildman–Crippen MR) is 79.2 cm³/mol. The summed E-state index contributed by atoms with van der Waals surface area (Å²) in [6, 6.07) is 0. The van der Waals surface area contributed by atoms with Gasteiger partial charge < -0.3 is 9.47 Å². The van der Waals surface area contributed by atoms with Gasteiger partial charge in [0.15, 0.2) is 0 Å². The Morgan fingerprint density at radius 3 is 2.47 bits per heavy atom. The Bertz CT molecular complexity index is 204. The van der Waals surface area contributed by atoms with E-state index in [-0.39, 0.29) is 5.97 Å². The average molecular weight is 272 g/mol. The maximum absolute atomic E-state index is 11.5. The van der Waals surface area contributed by atoms with Crippen LogP contribution in [0.2, 0.25) is 0 Å². The molecule has 0 amide bonds. The molecule has 0 bridgehead atoms. The van der Waals surface area contributed by atoms with Crippen LogP contribution < -0.4 is 0 Å². The average Bonchev–Trinajstić information content (AvgIpc) is 2.41. The van der Waals surface area contributed by atoms with Gasteiger partial charge in [0.1, 0.15) is 0 Å². The third-order valence-electron chi connectivity index (χ3n) is 3.10. The Morgan fingerprint density at radius 1 is 1.00 bits per heavy atom. The molecule has 0 fully saturated rings. The van der Waals surface area contributed by atoms with Gasteiger partial charge in [0.2, 0.25) is 0 Å². The number of esters is 1. The largest absolute Gasteiger partial charge is 0.465 e. The highest BCUT2D eigenvalue weighted by Gasteiger charge is 2.06. The summed E-state index contributed by atoms with van der Waals surface area (Å²) < 4.78 is 10.7. The number of hydrogen-bond donors (Lipinski definition) is 0. The molecular formula is C16H32O3. The molecule has 0 spiro atoms. The summed E-state index contributed by atoms with van der Waals surface area (Å²) in [6.45, 7) is 8.68. The fraction of sp³-hybridized carbons (Fsp3) is 0.938. The second-order valence-corrected chi connectivity index (χ2v) is 5.35. The summed E-state index contributed by atoms with van der Waals surface area (Å²) in [7, 11) is 0. The van der Waals surface area contributed by atoms with Crippen LogP contribution in [0, 0.1) is 5.92 Å². The van der Waals surface area contributed by atoms with Crippen molar-refractivity contribution in [1.82, 2.24) is 0 Å². The first-order valence-corrected chi connectivity index (χ1v) is 7.94. The first kappa shape index (κ1) is 18.4. The molecule has 3 heteroatoms. The van der Waals surface area contributed by atoms with Gasteiger partial charge in [-0.2, -0.15) is 0 Å². The van der Waals surface area contributed by atoms with E-state index in [0.29, 0.717) is 18.9 Å². The first-order chi connectivity index (χ1) is 9.20. The smallest absolute Gasteiger partial charge is 0.305 e. The molecule has 1 unspecified atom stereocenters. The molecule has 0 N–H and O–H groups in total. The van der Waals surface area contributed by atoms with Crippen molar-refractivity contribution in [3.63, 3.8) is 0 Å². The lowest BCUT2D eigenvalue weighted by Gasteiger charge is -2.11. The molecule has 3 nitrogen and oxygen atoms in total. The SMILES string of the molecule is CCCCC(C)COC(=O)CCCCCOCCC. The molecule has 114 valence electrons. The summed E-state index contributed by atoms with van der Waals surface area (Å²) in [4.78, 5) is 11.5. The van der Waals surface area contributed by atoms with Gasteiger partial charge in [0.25, 0.3) is 0 Å². The van der Waals surface area contributed by atoms with Crippen molar-refractivity contribution >= 4 is 5.97 Å². The van der Waals surface area contributed by atoms with Crippen LogP contribution in [0.25, 0.3) is 0 Å². The molecule has 0 aliphatic rings. The Labute approximate surface area is 119 Å². The van der Waals surface area contributed by atoms with Crippen LogP contribution in [-0.4, -0.2) is 25.8 Å². The molecule has 0 heterocycles. The van der Waals surface area contributed by atoms with Gasteiger partial charge in [-0.05, 0) is 31.6 Å². The highest BCUT2D eigenvalue weighted by atomic mass is 16.5. The maximum atomic E-state index is 11.5. The lowest BCUT2D eigenvalue weighted by Crippen LogP contribution is -2.11. The molecule has 19 heavy (non-hydrogen) atoms. The van der Waals surface area contributed by atoms with E-state index in [1.165, 1.54) is 12.8 Å². The summed E-state index contributed by atoms with van der Waals surface area (Å²) in [6.07, 6.45) is 8.20. The molecule has 1 atom stereocenters. The fourth-order valence-corrected chi connectivity index (χ4v) is 1.84. The van der Waals surface area contributed by atoms with Gasteiger partial charge in [0.05, 0.1) is 6.61 Å². The van der Waals surface area contributed by atoms with Gasteiger partial charge in [0, 0.05) is 19.6 Å². The minimum absolute atomic E-state index is 0.0437. The molecule has 0 radical (unpaired) electrons. The van der Waals surface area contributed by atoms with Gasteiger partial charge in [-0.3, -0.25) is 4.79 Å². The number of unbranched alkanes of at least 4 members (excludes halogenated alkanes) is 3. The number of rotatable bonds is 13. The zero-order chi connectivity index (χ0) is 14.3. The van der Waals surface area contributed by atoms with Crippen LogP contribution >= 0.6 is 0 Å². The number of hydrogen-bond acceptors (Lipinski definition) is 3. The minimum atomic E-state index is -0.0437. The summed E-state index contributed by atoms with van der Waals surface area (Å²) in [5, 5.41) is 0. The van der Waals surface area contributed by atoms with Crippen LogP contribution in [0.3, 0.4) is 0 Å². The second kappa shape index (κ2) is 13.9. The number of carbonyl (C=O) groups is 1. The van der Waals surface area contributed by atoms with Gasteiger partial charge >= 0.3 is 5.97 Å². The maximum Gasteiger partial charge on any atom is 0.305 e. The zero-order valence-electron chi connectivity index (χ0n) is 13.1. The van der Waals surface area contributed by atoms with Crippen LogP contribution in [0.5, 0.6) is 0 Å². The van der Waals surface area contributed by atoms with Crippen molar-refractivity contribution in [2.24, 2.45) is 5.92 Å². The lowest BCUT2D eigenvalue weighted by molar-refractivity contribution is -0.145. The third kappa shape index (κ3) is 13.7. The van der Waals surface area contributed by atoms with E-state index in [9.17, 15) is 4.79 Å². The molecule has 0 aromatic heterocycles. The van der Waals surface area contributed by atoms with Gasteiger partial charge in [-0.25, -0.2) is 0 Å². The van der Waals surface area contributed by atoms with E-state index in [1.807, 2.05) is 0 Å². The monoisotopic (exact) mass is 272 g/mol. The van der Waals surface area contributed by atoms with E-state index >= 15 is 0 Å².